The van der Waals surface area contributed by atoms with E-state index in [9.17, 15) is 4.79 Å². The molecule has 0 saturated carbocycles. The van der Waals surface area contributed by atoms with Gasteiger partial charge in [-0.15, -0.1) is 0 Å². The number of carbonyl (C=O) groups excluding carboxylic acids is 1. The number of hydrogen-bond acceptors (Lipinski definition) is 2. The molecule has 0 N–H and O–H groups in total. The Hall–Kier alpha value is -1.57. The van der Waals surface area contributed by atoms with Gasteiger partial charge in [-0.25, -0.2) is 0 Å². The van der Waals surface area contributed by atoms with E-state index in [-0.39, 0.29) is 0 Å². The van der Waals surface area contributed by atoms with Crippen LogP contribution >= 0.6 is 0 Å². The number of rotatable bonds is 6. The molecule has 0 aliphatic carbocycles. The standard InChI is InChI=1S/C13H16O2/c1-2-3-4-7-10-15-13-9-6-5-8-12(13)11-14/h4-9,11H,2-3,10H2,1H3. The molecular formula is C13H16O2. The molecule has 0 fully saturated rings. The largest absolute Gasteiger partial charge is 0.489 e. The lowest BCUT2D eigenvalue weighted by atomic mass is 10.2. The first-order chi connectivity index (χ1) is 7.38. The molecule has 0 bridgehead atoms. The van der Waals surface area contributed by atoms with Crippen molar-refractivity contribution in [2.24, 2.45) is 0 Å². The number of allylic oxidation sites excluding steroid dienone is 1. The number of benzene rings is 1. The molecule has 2 nitrogen and oxygen atoms in total. The van der Waals surface area contributed by atoms with Crippen LogP contribution in [0.4, 0.5) is 0 Å². The highest BCUT2D eigenvalue weighted by molar-refractivity contribution is 5.79. The Balaban J connectivity index is 2.46. The molecule has 15 heavy (non-hydrogen) atoms. The van der Waals surface area contributed by atoms with Crippen molar-refractivity contribution in [1.29, 1.82) is 0 Å². The third kappa shape index (κ3) is 3.98. The Morgan fingerprint density at radius 1 is 1.27 bits per heavy atom. The van der Waals surface area contributed by atoms with Gasteiger partial charge in [-0.3, -0.25) is 4.79 Å². The molecule has 2 heteroatoms. The zero-order valence-electron chi connectivity index (χ0n) is 8.98. The normalized spacial score (nSPS) is 10.5. The number of ether oxygens (including phenoxy) is 1. The number of unbranched alkanes of at least 4 members (excludes halogenated alkanes) is 1. The van der Waals surface area contributed by atoms with Crippen molar-refractivity contribution in [2.45, 2.75) is 19.8 Å². The van der Waals surface area contributed by atoms with Gasteiger partial charge in [0.2, 0.25) is 0 Å². The highest BCUT2D eigenvalue weighted by Gasteiger charge is 1.98. The van der Waals surface area contributed by atoms with E-state index >= 15 is 0 Å². The quantitative estimate of drug-likeness (QED) is 0.525. The molecule has 0 saturated heterocycles. The molecule has 0 aromatic heterocycles. The summed E-state index contributed by atoms with van der Waals surface area (Å²) in [5.41, 5.74) is 0.599. The summed E-state index contributed by atoms with van der Waals surface area (Å²) in [5.74, 6) is 0.647. The summed E-state index contributed by atoms with van der Waals surface area (Å²) in [5, 5.41) is 0. The predicted molar refractivity (Wildman–Crippen MR) is 61.4 cm³/mol. The lowest BCUT2D eigenvalue weighted by Crippen LogP contribution is -1.96. The summed E-state index contributed by atoms with van der Waals surface area (Å²) in [6.45, 7) is 2.65. The first kappa shape index (κ1) is 11.5. The third-order valence-electron chi connectivity index (χ3n) is 2.00. The summed E-state index contributed by atoms with van der Waals surface area (Å²) in [6, 6.07) is 7.23. The van der Waals surface area contributed by atoms with Gasteiger partial charge in [0.25, 0.3) is 0 Å². The third-order valence-corrected chi connectivity index (χ3v) is 2.00. The average molecular weight is 204 g/mol. The van der Waals surface area contributed by atoms with Gasteiger partial charge >= 0.3 is 0 Å². The van der Waals surface area contributed by atoms with E-state index < -0.39 is 0 Å². The lowest BCUT2D eigenvalue weighted by Gasteiger charge is -2.04. The van der Waals surface area contributed by atoms with E-state index in [1.54, 1.807) is 12.1 Å². The maximum atomic E-state index is 10.7. The highest BCUT2D eigenvalue weighted by atomic mass is 16.5. The van der Waals surface area contributed by atoms with E-state index in [2.05, 4.69) is 13.0 Å². The fraction of sp³-hybridized carbons (Fsp3) is 0.308. The minimum Gasteiger partial charge on any atom is -0.489 e. The lowest BCUT2D eigenvalue weighted by molar-refractivity contribution is 0.112. The minimum atomic E-state index is 0.519. The summed E-state index contributed by atoms with van der Waals surface area (Å²) in [6.07, 6.45) is 7.08. The SMILES string of the molecule is CCCC=CCOc1ccccc1C=O. The van der Waals surface area contributed by atoms with Crippen molar-refractivity contribution in [2.75, 3.05) is 6.61 Å². The fourth-order valence-corrected chi connectivity index (χ4v) is 1.20. The molecule has 80 valence electrons. The van der Waals surface area contributed by atoms with Crippen molar-refractivity contribution in [3.8, 4) is 5.75 Å². The van der Waals surface area contributed by atoms with Gasteiger partial charge in [-0.05, 0) is 18.6 Å². The Labute approximate surface area is 90.6 Å². The van der Waals surface area contributed by atoms with Gasteiger partial charge < -0.3 is 4.74 Å². The van der Waals surface area contributed by atoms with Gasteiger partial charge in [0.05, 0.1) is 5.56 Å². The van der Waals surface area contributed by atoms with Crippen LogP contribution in [0, 0.1) is 0 Å². The molecular weight excluding hydrogens is 188 g/mol. The van der Waals surface area contributed by atoms with Gasteiger partial charge in [0.1, 0.15) is 12.4 Å². The van der Waals surface area contributed by atoms with Crippen molar-refractivity contribution in [1.82, 2.24) is 0 Å². The van der Waals surface area contributed by atoms with Crippen LogP contribution in [0.25, 0.3) is 0 Å². The van der Waals surface area contributed by atoms with Crippen LogP contribution in [0.3, 0.4) is 0 Å². The first-order valence-corrected chi connectivity index (χ1v) is 5.20. The molecule has 0 amide bonds. The molecule has 1 aromatic carbocycles. The van der Waals surface area contributed by atoms with Gasteiger partial charge in [0.15, 0.2) is 6.29 Å². The van der Waals surface area contributed by atoms with E-state index in [0.29, 0.717) is 17.9 Å². The molecule has 0 radical (unpaired) electrons. The highest BCUT2D eigenvalue weighted by Crippen LogP contribution is 2.15. The van der Waals surface area contributed by atoms with Gasteiger partial charge in [-0.2, -0.15) is 0 Å². The number of carbonyl (C=O) groups is 1. The molecule has 1 rings (SSSR count). The van der Waals surface area contributed by atoms with Crippen LogP contribution in [0.1, 0.15) is 30.1 Å². The van der Waals surface area contributed by atoms with E-state index in [1.807, 2.05) is 18.2 Å². The smallest absolute Gasteiger partial charge is 0.153 e. The van der Waals surface area contributed by atoms with Gasteiger partial charge in [0, 0.05) is 0 Å². The monoisotopic (exact) mass is 204 g/mol. The van der Waals surface area contributed by atoms with Crippen LogP contribution in [0.15, 0.2) is 36.4 Å². The van der Waals surface area contributed by atoms with Crippen molar-refractivity contribution in [3.63, 3.8) is 0 Å². The number of para-hydroxylation sites is 1. The molecule has 0 unspecified atom stereocenters. The summed E-state index contributed by atoms with van der Waals surface area (Å²) in [7, 11) is 0. The molecule has 0 aliphatic heterocycles. The second-order valence-corrected chi connectivity index (χ2v) is 3.23. The maximum Gasteiger partial charge on any atom is 0.153 e. The second-order valence-electron chi connectivity index (χ2n) is 3.23. The average Bonchev–Trinajstić information content (AvgIpc) is 2.29. The minimum absolute atomic E-state index is 0.519. The zero-order valence-corrected chi connectivity index (χ0v) is 8.98. The van der Waals surface area contributed by atoms with E-state index in [0.717, 1.165) is 19.1 Å². The summed E-state index contributed by atoms with van der Waals surface area (Å²) >= 11 is 0. The zero-order chi connectivity index (χ0) is 10.9. The van der Waals surface area contributed by atoms with Crippen LogP contribution < -0.4 is 4.74 Å². The summed E-state index contributed by atoms with van der Waals surface area (Å²) in [4.78, 5) is 10.7. The van der Waals surface area contributed by atoms with E-state index in [1.165, 1.54) is 0 Å². The second kappa shape index (κ2) is 6.82. The molecule has 0 spiro atoms. The number of aldehydes is 1. The Bertz CT molecular complexity index is 329. The topological polar surface area (TPSA) is 26.3 Å². The van der Waals surface area contributed by atoms with Crippen LogP contribution in [0.5, 0.6) is 5.75 Å². The Kier molecular flexibility index (Phi) is 5.23. The summed E-state index contributed by atoms with van der Waals surface area (Å²) < 4.78 is 5.46. The fourth-order valence-electron chi connectivity index (χ4n) is 1.20. The molecule has 1 aromatic rings. The Morgan fingerprint density at radius 3 is 2.80 bits per heavy atom. The molecule has 0 atom stereocenters. The van der Waals surface area contributed by atoms with Crippen molar-refractivity contribution < 1.29 is 9.53 Å². The molecule has 0 heterocycles. The number of hydrogen-bond donors (Lipinski definition) is 0. The van der Waals surface area contributed by atoms with Crippen LogP contribution in [0.2, 0.25) is 0 Å². The van der Waals surface area contributed by atoms with Crippen LogP contribution in [-0.2, 0) is 0 Å². The first-order valence-electron chi connectivity index (χ1n) is 5.20. The van der Waals surface area contributed by atoms with E-state index in [4.69, 9.17) is 4.74 Å². The van der Waals surface area contributed by atoms with Crippen LogP contribution in [-0.4, -0.2) is 12.9 Å². The Morgan fingerprint density at radius 2 is 2.07 bits per heavy atom. The van der Waals surface area contributed by atoms with Crippen molar-refractivity contribution >= 4 is 6.29 Å². The van der Waals surface area contributed by atoms with Gasteiger partial charge in [-0.1, -0.05) is 37.6 Å². The van der Waals surface area contributed by atoms with Crippen molar-refractivity contribution in [3.05, 3.63) is 42.0 Å². The maximum absolute atomic E-state index is 10.7. The molecule has 0 aliphatic rings. The predicted octanol–water partition coefficient (Wildman–Crippen LogP) is 3.23.